The molecule has 3 rings (SSSR count). The Kier molecular flexibility index (Phi) is 4.00. The van der Waals surface area contributed by atoms with Gasteiger partial charge in [-0.3, -0.25) is 4.79 Å². The van der Waals surface area contributed by atoms with Crippen LogP contribution in [-0.2, 0) is 0 Å². The van der Waals surface area contributed by atoms with Gasteiger partial charge in [0.25, 0.3) is 5.91 Å². The highest BCUT2D eigenvalue weighted by Crippen LogP contribution is 2.27. The van der Waals surface area contributed by atoms with Crippen molar-refractivity contribution in [3.05, 3.63) is 59.7 Å². The number of anilines is 2. The number of hydrogen-bond donors (Lipinski definition) is 2. The van der Waals surface area contributed by atoms with Gasteiger partial charge in [-0.1, -0.05) is 24.3 Å². The molecule has 22 heavy (non-hydrogen) atoms. The molecular weight excluding hydrogens is 274 g/mol. The molecular formula is C18H21N3O. The van der Waals surface area contributed by atoms with Gasteiger partial charge in [0, 0.05) is 24.5 Å². The molecule has 1 amide bonds. The van der Waals surface area contributed by atoms with Crippen LogP contribution in [-0.4, -0.2) is 19.0 Å². The Balaban J connectivity index is 1.82. The van der Waals surface area contributed by atoms with E-state index in [4.69, 9.17) is 0 Å². The molecule has 0 aliphatic carbocycles. The van der Waals surface area contributed by atoms with Crippen LogP contribution in [0, 0.1) is 0 Å². The summed E-state index contributed by atoms with van der Waals surface area (Å²) in [6.07, 6.45) is -0.187. The van der Waals surface area contributed by atoms with E-state index in [2.05, 4.69) is 53.6 Å². The molecule has 0 unspecified atom stereocenters. The molecule has 4 heteroatoms. The number of amides is 1. The lowest BCUT2D eigenvalue weighted by Gasteiger charge is -2.28. The Morgan fingerprint density at radius 3 is 2.32 bits per heavy atom. The number of para-hydroxylation sites is 1. The fraction of sp³-hybridized carbons (Fsp3) is 0.278. The van der Waals surface area contributed by atoms with Crippen molar-refractivity contribution in [2.75, 3.05) is 23.3 Å². The van der Waals surface area contributed by atoms with E-state index >= 15 is 0 Å². The van der Waals surface area contributed by atoms with Crippen molar-refractivity contribution in [1.82, 2.24) is 5.32 Å². The van der Waals surface area contributed by atoms with E-state index in [9.17, 15) is 4.79 Å². The molecule has 4 nitrogen and oxygen atoms in total. The van der Waals surface area contributed by atoms with Crippen molar-refractivity contribution in [1.29, 1.82) is 0 Å². The third kappa shape index (κ3) is 2.64. The number of carbonyl (C=O) groups is 1. The van der Waals surface area contributed by atoms with Crippen LogP contribution in [0.3, 0.4) is 0 Å². The maximum Gasteiger partial charge on any atom is 0.255 e. The summed E-state index contributed by atoms with van der Waals surface area (Å²) in [6, 6.07) is 15.9. The van der Waals surface area contributed by atoms with Gasteiger partial charge in [-0.2, -0.15) is 0 Å². The zero-order valence-corrected chi connectivity index (χ0v) is 13.0. The van der Waals surface area contributed by atoms with Crippen LogP contribution < -0.4 is 15.5 Å². The topological polar surface area (TPSA) is 44.4 Å². The average molecular weight is 295 g/mol. The normalized spacial score (nSPS) is 16.5. The lowest BCUT2D eigenvalue weighted by atomic mass is 10.1. The van der Waals surface area contributed by atoms with E-state index < -0.39 is 0 Å². The first-order valence-corrected chi connectivity index (χ1v) is 7.74. The number of nitrogens with zero attached hydrogens (tertiary/aromatic N) is 1. The van der Waals surface area contributed by atoms with E-state index in [-0.39, 0.29) is 12.1 Å². The summed E-state index contributed by atoms with van der Waals surface area (Å²) < 4.78 is 0. The van der Waals surface area contributed by atoms with Crippen LogP contribution in [0.15, 0.2) is 48.5 Å². The number of benzene rings is 2. The average Bonchev–Trinajstić information content (AvgIpc) is 2.56. The predicted octanol–water partition coefficient (Wildman–Crippen LogP) is 3.39. The highest BCUT2D eigenvalue weighted by Gasteiger charge is 2.23. The van der Waals surface area contributed by atoms with E-state index in [0.717, 1.165) is 24.3 Å². The maximum absolute atomic E-state index is 12.2. The van der Waals surface area contributed by atoms with E-state index in [1.807, 2.05) is 24.3 Å². The zero-order valence-electron chi connectivity index (χ0n) is 13.0. The molecule has 0 aromatic heterocycles. The second kappa shape index (κ2) is 6.10. The molecule has 2 aromatic carbocycles. The Morgan fingerprint density at radius 2 is 1.64 bits per heavy atom. The van der Waals surface area contributed by atoms with Gasteiger partial charge in [0.1, 0.15) is 6.17 Å². The monoisotopic (exact) mass is 295 g/mol. The van der Waals surface area contributed by atoms with Gasteiger partial charge in [-0.25, -0.2) is 0 Å². The Hall–Kier alpha value is -2.49. The van der Waals surface area contributed by atoms with Gasteiger partial charge in [0.05, 0.1) is 5.56 Å². The third-order valence-electron chi connectivity index (χ3n) is 4.10. The summed E-state index contributed by atoms with van der Waals surface area (Å²) in [6.45, 7) is 6.28. The Bertz CT molecular complexity index is 662. The highest BCUT2D eigenvalue weighted by molar-refractivity contribution is 6.01. The van der Waals surface area contributed by atoms with E-state index in [1.54, 1.807) is 0 Å². The number of fused-ring (bicyclic) bond motifs is 1. The van der Waals surface area contributed by atoms with Gasteiger partial charge in [0.15, 0.2) is 0 Å². The molecule has 1 heterocycles. The SMILES string of the molecule is CCN(CC)c1ccc([C@H]2NC(=O)c3ccccc3N2)cc1. The minimum absolute atomic E-state index is 0.0350. The van der Waals surface area contributed by atoms with Crippen LogP contribution in [0.4, 0.5) is 11.4 Å². The molecule has 114 valence electrons. The first-order valence-electron chi connectivity index (χ1n) is 7.74. The van der Waals surface area contributed by atoms with Gasteiger partial charge < -0.3 is 15.5 Å². The number of hydrogen-bond acceptors (Lipinski definition) is 3. The number of rotatable bonds is 4. The molecule has 2 N–H and O–H groups in total. The Morgan fingerprint density at radius 1 is 0.955 bits per heavy atom. The summed E-state index contributed by atoms with van der Waals surface area (Å²) in [7, 11) is 0. The maximum atomic E-state index is 12.2. The summed E-state index contributed by atoms with van der Waals surface area (Å²) in [5, 5.41) is 6.38. The minimum atomic E-state index is -0.187. The van der Waals surface area contributed by atoms with E-state index in [0.29, 0.717) is 5.56 Å². The number of carbonyl (C=O) groups excluding carboxylic acids is 1. The fourth-order valence-electron chi connectivity index (χ4n) is 2.84. The van der Waals surface area contributed by atoms with Crippen LogP contribution in [0.25, 0.3) is 0 Å². The molecule has 2 aromatic rings. The molecule has 0 fully saturated rings. The van der Waals surface area contributed by atoms with Crippen LogP contribution in [0.2, 0.25) is 0 Å². The second-order valence-electron chi connectivity index (χ2n) is 5.36. The van der Waals surface area contributed by atoms with Crippen molar-refractivity contribution < 1.29 is 4.79 Å². The van der Waals surface area contributed by atoms with Crippen molar-refractivity contribution in [3.63, 3.8) is 0 Å². The van der Waals surface area contributed by atoms with Crippen molar-refractivity contribution in [3.8, 4) is 0 Å². The first-order chi connectivity index (χ1) is 10.7. The molecule has 1 aliphatic rings. The zero-order chi connectivity index (χ0) is 15.5. The molecule has 0 saturated heterocycles. The standard InChI is InChI=1S/C18H21N3O/c1-3-21(4-2)14-11-9-13(10-12-14)17-19-16-8-6-5-7-15(16)18(22)20-17/h5-12,17,19H,3-4H2,1-2H3,(H,20,22)/t17-/m1/s1. The van der Waals surface area contributed by atoms with Crippen LogP contribution in [0.5, 0.6) is 0 Å². The lowest BCUT2D eigenvalue weighted by Crippen LogP contribution is -2.38. The summed E-state index contributed by atoms with van der Waals surface area (Å²) in [5.74, 6) is -0.0350. The highest BCUT2D eigenvalue weighted by atomic mass is 16.2. The quantitative estimate of drug-likeness (QED) is 0.909. The minimum Gasteiger partial charge on any atom is -0.372 e. The smallest absolute Gasteiger partial charge is 0.255 e. The fourth-order valence-corrected chi connectivity index (χ4v) is 2.84. The van der Waals surface area contributed by atoms with Gasteiger partial charge in [0.2, 0.25) is 0 Å². The molecule has 0 saturated carbocycles. The molecule has 1 aliphatic heterocycles. The molecule has 1 atom stereocenters. The first kappa shape index (κ1) is 14.4. The number of nitrogens with one attached hydrogen (secondary N) is 2. The van der Waals surface area contributed by atoms with Gasteiger partial charge in [-0.05, 0) is 43.7 Å². The molecule has 0 spiro atoms. The summed E-state index contributed by atoms with van der Waals surface area (Å²) in [4.78, 5) is 14.5. The largest absolute Gasteiger partial charge is 0.372 e. The second-order valence-corrected chi connectivity index (χ2v) is 5.36. The van der Waals surface area contributed by atoms with Crippen molar-refractivity contribution >= 4 is 17.3 Å². The van der Waals surface area contributed by atoms with Crippen LogP contribution >= 0.6 is 0 Å². The van der Waals surface area contributed by atoms with Crippen molar-refractivity contribution in [2.24, 2.45) is 0 Å². The molecule has 0 bridgehead atoms. The van der Waals surface area contributed by atoms with E-state index in [1.165, 1.54) is 5.69 Å². The Labute approximate surface area is 131 Å². The lowest BCUT2D eigenvalue weighted by molar-refractivity contribution is 0.0935. The third-order valence-corrected chi connectivity index (χ3v) is 4.10. The van der Waals surface area contributed by atoms with Crippen molar-refractivity contribution in [2.45, 2.75) is 20.0 Å². The predicted molar refractivity (Wildman–Crippen MR) is 90.3 cm³/mol. The summed E-state index contributed by atoms with van der Waals surface area (Å²) >= 11 is 0. The van der Waals surface area contributed by atoms with Gasteiger partial charge >= 0.3 is 0 Å². The van der Waals surface area contributed by atoms with Crippen LogP contribution in [0.1, 0.15) is 35.9 Å². The summed E-state index contributed by atoms with van der Waals surface area (Å²) in [5.41, 5.74) is 3.83. The van der Waals surface area contributed by atoms with Gasteiger partial charge in [-0.15, -0.1) is 0 Å². The molecule has 0 radical (unpaired) electrons.